The smallest absolute Gasteiger partial charge is 0.303 e. The van der Waals surface area contributed by atoms with Gasteiger partial charge in [0.2, 0.25) is 0 Å². The average Bonchev–Trinajstić information content (AvgIpc) is 2.52. The molecule has 2 atom stereocenters. The van der Waals surface area contributed by atoms with Crippen molar-refractivity contribution in [2.45, 2.75) is 44.2 Å². The van der Waals surface area contributed by atoms with Crippen molar-refractivity contribution in [2.75, 3.05) is 20.3 Å². The molecule has 0 bridgehead atoms. The molecule has 1 N–H and O–H groups in total. The number of nitrogens with zero attached hydrogens (tertiary/aromatic N) is 1. The topological polar surface area (TPSA) is 49.8 Å². The third-order valence-corrected chi connectivity index (χ3v) is 4.27. The van der Waals surface area contributed by atoms with Gasteiger partial charge in [0.25, 0.3) is 0 Å². The van der Waals surface area contributed by atoms with Crippen molar-refractivity contribution in [2.24, 2.45) is 0 Å². The molecule has 1 aliphatic rings. The molecule has 0 radical (unpaired) electrons. The molecule has 1 aromatic carbocycles. The second-order valence-corrected chi connectivity index (χ2v) is 5.70. The van der Waals surface area contributed by atoms with E-state index in [1.54, 1.807) is 7.11 Å². The Hall–Kier alpha value is -1.39. The van der Waals surface area contributed by atoms with Crippen molar-refractivity contribution in [1.82, 2.24) is 4.90 Å². The van der Waals surface area contributed by atoms with E-state index in [1.165, 1.54) is 18.4 Å². The van der Waals surface area contributed by atoms with Gasteiger partial charge in [-0.2, -0.15) is 0 Å². The Labute approximate surface area is 126 Å². The SMILES string of the molecule is COCC(c1ccccc1)N1CCCCC1CCC(=O)O. The molecule has 0 aromatic heterocycles. The molecule has 116 valence electrons. The lowest BCUT2D eigenvalue weighted by Crippen LogP contribution is -2.43. The van der Waals surface area contributed by atoms with Crippen molar-refractivity contribution >= 4 is 5.97 Å². The minimum atomic E-state index is -0.705. The summed E-state index contributed by atoms with van der Waals surface area (Å²) in [6.07, 6.45) is 4.42. The van der Waals surface area contributed by atoms with E-state index in [1.807, 2.05) is 18.2 Å². The number of benzene rings is 1. The highest BCUT2D eigenvalue weighted by Gasteiger charge is 2.29. The molecule has 1 aromatic rings. The van der Waals surface area contributed by atoms with Gasteiger partial charge in [0.1, 0.15) is 0 Å². The highest BCUT2D eigenvalue weighted by Crippen LogP contribution is 2.30. The Balaban J connectivity index is 2.13. The predicted octanol–water partition coefficient (Wildman–Crippen LogP) is 3.09. The maximum atomic E-state index is 10.9. The minimum Gasteiger partial charge on any atom is -0.481 e. The van der Waals surface area contributed by atoms with Gasteiger partial charge in [-0.25, -0.2) is 0 Å². The minimum absolute atomic E-state index is 0.218. The van der Waals surface area contributed by atoms with Crippen LogP contribution >= 0.6 is 0 Å². The Morgan fingerprint density at radius 2 is 2.14 bits per heavy atom. The number of aliphatic carboxylic acids is 1. The van der Waals surface area contributed by atoms with Crippen molar-refractivity contribution < 1.29 is 14.6 Å². The molecule has 21 heavy (non-hydrogen) atoms. The summed E-state index contributed by atoms with van der Waals surface area (Å²) < 4.78 is 5.43. The van der Waals surface area contributed by atoms with E-state index in [9.17, 15) is 4.79 Å². The summed E-state index contributed by atoms with van der Waals surface area (Å²) in [6.45, 7) is 1.67. The molecule has 1 saturated heterocycles. The summed E-state index contributed by atoms with van der Waals surface area (Å²) in [5.74, 6) is -0.705. The van der Waals surface area contributed by atoms with Crippen LogP contribution < -0.4 is 0 Å². The molecule has 0 spiro atoms. The lowest BCUT2D eigenvalue weighted by atomic mass is 9.94. The van der Waals surface area contributed by atoms with Crippen LogP contribution in [0.15, 0.2) is 30.3 Å². The normalized spacial score (nSPS) is 21.1. The summed E-state index contributed by atoms with van der Waals surface area (Å²) in [6, 6.07) is 10.9. The van der Waals surface area contributed by atoms with Gasteiger partial charge in [0, 0.05) is 19.6 Å². The fourth-order valence-electron chi connectivity index (χ4n) is 3.25. The molecule has 4 nitrogen and oxygen atoms in total. The number of ether oxygens (including phenoxy) is 1. The Morgan fingerprint density at radius 3 is 2.81 bits per heavy atom. The quantitative estimate of drug-likeness (QED) is 0.838. The molecule has 2 rings (SSSR count). The van der Waals surface area contributed by atoms with Crippen LogP contribution in [0.4, 0.5) is 0 Å². The first-order chi connectivity index (χ1) is 10.2. The van der Waals surface area contributed by atoms with Gasteiger partial charge >= 0.3 is 5.97 Å². The first-order valence-electron chi connectivity index (χ1n) is 7.73. The summed E-state index contributed by atoms with van der Waals surface area (Å²) >= 11 is 0. The second-order valence-electron chi connectivity index (χ2n) is 5.70. The molecule has 0 aliphatic carbocycles. The third kappa shape index (κ3) is 4.55. The van der Waals surface area contributed by atoms with E-state index in [4.69, 9.17) is 9.84 Å². The summed E-state index contributed by atoms with van der Waals surface area (Å²) in [4.78, 5) is 13.3. The Kier molecular flexibility index (Phi) is 6.21. The number of likely N-dealkylation sites (tertiary alicyclic amines) is 1. The van der Waals surface area contributed by atoms with Crippen LogP contribution in [0.2, 0.25) is 0 Å². The standard InChI is InChI=1S/C17H25NO3/c1-21-13-16(14-7-3-2-4-8-14)18-12-6-5-9-15(18)10-11-17(19)20/h2-4,7-8,15-16H,5-6,9-13H2,1H3,(H,19,20). The number of piperidine rings is 1. The maximum absolute atomic E-state index is 10.9. The van der Waals surface area contributed by atoms with Gasteiger partial charge in [-0.3, -0.25) is 9.69 Å². The van der Waals surface area contributed by atoms with Crippen molar-refractivity contribution in [3.63, 3.8) is 0 Å². The number of hydrogen-bond donors (Lipinski definition) is 1. The molecular weight excluding hydrogens is 266 g/mol. The summed E-state index contributed by atoms with van der Waals surface area (Å²) in [5.41, 5.74) is 1.25. The molecular formula is C17H25NO3. The highest BCUT2D eigenvalue weighted by atomic mass is 16.5. The van der Waals surface area contributed by atoms with Crippen LogP contribution in [0.3, 0.4) is 0 Å². The number of hydrogen-bond acceptors (Lipinski definition) is 3. The number of carbonyl (C=O) groups is 1. The van der Waals surface area contributed by atoms with Crippen LogP contribution in [-0.4, -0.2) is 42.3 Å². The van der Waals surface area contributed by atoms with Gasteiger partial charge < -0.3 is 9.84 Å². The van der Waals surface area contributed by atoms with Crippen molar-refractivity contribution in [1.29, 1.82) is 0 Å². The van der Waals surface area contributed by atoms with E-state index < -0.39 is 5.97 Å². The molecule has 1 heterocycles. The van der Waals surface area contributed by atoms with Crippen LogP contribution in [0.25, 0.3) is 0 Å². The van der Waals surface area contributed by atoms with Gasteiger partial charge in [-0.15, -0.1) is 0 Å². The van der Waals surface area contributed by atoms with Crippen LogP contribution in [-0.2, 0) is 9.53 Å². The lowest BCUT2D eigenvalue weighted by molar-refractivity contribution is -0.137. The van der Waals surface area contributed by atoms with Gasteiger partial charge in [-0.05, 0) is 31.4 Å². The monoisotopic (exact) mass is 291 g/mol. The Bertz CT molecular complexity index is 435. The average molecular weight is 291 g/mol. The highest BCUT2D eigenvalue weighted by molar-refractivity contribution is 5.66. The van der Waals surface area contributed by atoms with E-state index in [-0.39, 0.29) is 12.5 Å². The van der Waals surface area contributed by atoms with E-state index >= 15 is 0 Å². The summed E-state index contributed by atoms with van der Waals surface area (Å²) in [7, 11) is 1.73. The zero-order valence-electron chi connectivity index (χ0n) is 12.7. The number of carboxylic acid groups (broad SMARTS) is 1. The van der Waals surface area contributed by atoms with Crippen LogP contribution in [0.5, 0.6) is 0 Å². The molecule has 0 saturated carbocycles. The number of rotatable bonds is 7. The van der Waals surface area contributed by atoms with Crippen molar-refractivity contribution in [3.05, 3.63) is 35.9 Å². The Morgan fingerprint density at radius 1 is 1.38 bits per heavy atom. The molecule has 1 fully saturated rings. The number of carboxylic acids is 1. The van der Waals surface area contributed by atoms with E-state index in [2.05, 4.69) is 17.0 Å². The van der Waals surface area contributed by atoms with Crippen LogP contribution in [0, 0.1) is 0 Å². The maximum Gasteiger partial charge on any atom is 0.303 e. The predicted molar refractivity (Wildman–Crippen MR) is 82.3 cm³/mol. The molecule has 2 unspecified atom stereocenters. The zero-order chi connectivity index (χ0) is 15.1. The van der Waals surface area contributed by atoms with Crippen LogP contribution in [0.1, 0.15) is 43.7 Å². The third-order valence-electron chi connectivity index (χ3n) is 4.27. The zero-order valence-corrected chi connectivity index (χ0v) is 12.7. The van der Waals surface area contributed by atoms with E-state index in [0.717, 1.165) is 19.4 Å². The fourth-order valence-corrected chi connectivity index (χ4v) is 3.25. The van der Waals surface area contributed by atoms with Crippen molar-refractivity contribution in [3.8, 4) is 0 Å². The number of methoxy groups -OCH3 is 1. The van der Waals surface area contributed by atoms with Gasteiger partial charge in [0.05, 0.1) is 12.6 Å². The first-order valence-corrected chi connectivity index (χ1v) is 7.73. The van der Waals surface area contributed by atoms with Gasteiger partial charge in [0.15, 0.2) is 0 Å². The first kappa shape index (κ1) is 16.0. The summed E-state index contributed by atoms with van der Waals surface area (Å²) in [5, 5.41) is 8.95. The lowest BCUT2D eigenvalue weighted by Gasteiger charge is -2.41. The van der Waals surface area contributed by atoms with E-state index in [0.29, 0.717) is 12.6 Å². The molecule has 1 aliphatic heterocycles. The second kappa shape index (κ2) is 8.15. The molecule has 0 amide bonds. The largest absolute Gasteiger partial charge is 0.481 e. The van der Waals surface area contributed by atoms with Gasteiger partial charge in [-0.1, -0.05) is 36.8 Å². The molecule has 4 heteroatoms. The fraction of sp³-hybridized carbons (Fsp3) is 0.588.